The highest BCUT2D eigenvalue weighted by Gasteiger charge is 2.20. The molecule has 0 unspecified atom stereocenters. The Bertz CT molecular complexity index is 876. The number of benzene rings is 2. The van der Waals surface area contributed by atoms with E-state index in [1.54, 1.807) is 0 Å². The molecule has 0 radical (unpaired) electrons. The predicted molar refractivity (Wildman–Crippen MR) is 109 cm³/mol. The van der Waals surface area contributed by atoms with E-state index in [4.69, 9.17) is 4.74 Å². The molecule has 0 amide bonds. The van der Waals surface area contributed by atoms with Crippen LogP contribution in [-0.2, 0) is 6.54 Å². The molecule has 2 heterocycles. The molecule has 5 heteroatoms. The molecular weight excluding hydrogens is 336 g/mol. The van der Waals surface area contributed by atoms with Crippen molar-refractivity contribution in [3.63, 3.8) is 0 Å². The SMILES string of the molecule is CCOc1nc(NC2CCN(Cc3ccccc3)CC2)nc2ccccc12. The number of piperidine rings is 1. The molecule has 0 bridgehead atoms. The van der Waals surface area contributed by atoms with Gasteiger partial charge in [-0.05, 0) is 37.5 Å². The van der Waals surface area contributed by atoms with Crippen molar-refractivity contribution < 1.29 is 4.74 Å². The molecule has 1 fully saturated rings. The summed E-state index contributed by atoms with van der Waals surface area (Å²) in [7, 11) is 0. The van der Waals surface area contributed by atoms with Crippen LogP contribution in [0, 0.1) is 0 Å². The van der Waals surface area contributed by atoms with Gasteiger partial charge in [-0.1, -0.05) is 42.5 Å². The van der Waals surface area contributed by atoms with Gasteiger partial charge < -0.3 is 10.1 Å². The van der Waals surface area contributed by atoms with Crippen molar-refractivity contribution in [3.8, 4) is 5.88 Å². The van der Waals surface area contributed by atoms with Crippen LogP contribution in [0.5, 0.6) is 5.88 Å². The van der Waals surface area contributed by atoms with Gasteiger partial charge in [-0.25, -0.2) is 4.98 Å². The fraction of sp³-hybridized carbons (Fsp3) is 0.364. The molecule has 0 aliphatic carbocycles. The Kier molecular flexibility index (Phi) is 5.49. The number of anilines is 1. The standard InChI is InChI=1S/C22H26N4O/c1-2-27-21-19-10-6-7-11-20(19)24-22(25-21)23-18-12-14-26(15-13-18)16-17-8-4-3-5-9-17/h3-11,18H,2,12-16H2,1H3,(H,23,24,25). The first kappa shape index (κ1) is 17.7. The summed E-state index contributed by atoms with van der Waals surface area (Å²) in [6.45, 7) is 5.76. The Morgan fingerprint density at radius 1 is 1.00 bits per heavy atom. The molecular formula is C22H26N4O. The van der Waals surface area contributed by atoms with Gasteiger partial charge in [0.15, 0.2) is 0 Å². The number of nitrogens with one attached hydrogen (secondary N) is 1. The van der Waals surface area contributed by atoms with Gasteiger partial charge in [0.2, 0.25) is 11.8 Å². The number of hydrogen-bond acceptors (Lipinski definition) is 5. The largest absolute Gasteiger partial charge is 0.477 e. The molecule has 1 aliphatic heterocycles. The van der Waals surface area contributed by atoms with E-state index in [0.717, 1.165) is 43.4 Å². The average molecular weight is 362 g/mol. The molecule has 0 spiro atoms. The zero-order valence-corrected chi connectivity index (χ0v) is 15.8. The number of likely N-dealkylation sites (tertiary alicyclic amines) is 1. The van der Waals surface area contributed by atoms with E-state index in [1.165, 1.54) is 5.56 Å². The van der Waals surface area contributed by atoms with Crippen LogP contribution in [0.3, 0.4) is 0 Å². The molecule has 1 N–H and O–H groups in total. The summed E-state index contributed by atoms with van der Waals surface area (Å²) in [5, 5.41) is 4.49. The van der Waals surface area contributed by atoms with Crippen LogP contribution in [0.4, 0.5) is 5.95 Å². The third-order valence-electron chi connectivity index (χ3n) is 5.02. The highest BCUT2D eigenvalue weighted by molar-refractivity contribution is 5.84. The van der Waals surface area contributed by atoms with Crippen molar-refractivity contribution >= 4 is 16.9 Å². The number of para-hydroxylation sites is 1. The number of rotatable bonds is 6. The summed E-state index contributed by atoms with van der Waals surface area (Å²) >= 11 is 0. The van der Waals surface area contributed by atoms with Crippen molar-refractivity contribution in [1.82, 2.24) is 14.9 Å². The van der Waals surface area contributed by atoms with Gasteiger partial charge in [0.25, 0.3) is 0 Å². The Morgan fingerprint density at radius 2 is 1.74 bits per heavy atom. The van der Waals surface area contributed by atoms with Gasteiger partial charge in [-0.2, -0.15) is 4.98 Å². The Labute approximate surface area is 160 Å². The zero-order chi connectivity index (χ0) is 18.5. The number of ether oxygens (including phenoxy) is 1. The van der Waals surface area contributed by atoms with Crippen LogP contribution in [0.1, 0.15) is 25.3 Å². The lowest BCUT2D eigenvalue weighted by Crippen LogP contribution is -2.39. The average Bonchev–Trinajstić information content (AvgIpc) is 2.71. The molecule has 140 valence electrons. The van der Waals surface area contributed by atoms with Gasteiger partial charge in [-0.15, -0.1) is 0 Å². The van der Waals surface area contributed by atoms with E-state index < -0.39 is 0 Å². The van der Waals surface area contributed by atoms with Gasteiger partial charge in [0, 0.05) is 25.7 Å². The maximum atomic E-state index is 5.73. The second-order valence-electron chi connectivity index (χ2n) is 6.98. The first-order valence-electron chi connectivity index (χ1n) is 9.74. The second kappa shape index (κ2) is 8.35. The molecule has 1 saturated heterocycles. The lowest BCUT2D eigenvalue weighted by molar-refractivity contribution is 0.211. The van der Waals surface area contributed by atoms with Crippen LogP contribution in [0.25, 0.3) is 10.9 Å². The third-order valence-corrected chi connectivity index (χ3v) is 5.02. The molecule has 1 aromatic heterocycles. The van der Waals surface area contributed by atoms with Crippen molar-refractivity contribution in [2.45, 2.75) is 32.4 Å². The molecule has 2 aromatic carbocycles. The van der Waals surface area contributed by atoms with E-state index in [9.17, 15) is 0 Å². The van der Waals surface area contributed by atoms with E-state index in [1.807, 2.05) is 31.2 Å². The fourth-order valence-corrected chi connectivity index (χ4v) is 3.62. The summed E-state index contributed by atoms with van der Waals surface area (Å²) in [4.78, 5) is 11.8. The topological polar surface area (TPSA) is 50.3 Å². The Hall–Kier alpha value is -2.66. The predicted octanol–water partition coefficient (Wildman–Crippen LogP) is 4.11. The molecule has 0 saturated carbocycles. The zero-order valence-electron chi connectivity index (χ0n) is 15.8. The van der Waals surface area contributed by atoms with E-state index in [2.05, 4.69) is 50.5 Å². The van der Waals surface area contributed by atoms with Crippen LogP contribution < -0.4 is 10.1 Å². The minimum absolute atomic E-state index is 0.396. The minimum atomic E-state index is 0.396. The summed E-state index contributed by atoms with van der Waals surface area (Å²) in [5.74, 6) is 1.32. The Balaban J connectivity index is 1.40. The quantitative estimate of drug-likeness (QED) is 0.715. The second-order valence-corrected chi connectivity index (χ2v) is 6.98. The normalized spacial score (nSPS) is 15.7. The molecule has 5 nitrogen and oxygen atoms in total. The van der Waals surface area contributed by atoms with E-state index in [-0.39, 0.29) is 0 Å². The summed E-state index contributed by atoms with van der Waals surface area (Å²) in [6.07, 6.45) is 2.18. The molecule has 0 atom stereocenters. The van der Waals surface area contributed by atoms with Crippen LogP contribution >= 0.6 is 0 Å². The van der Waals surface area contributed by atoms with Crippen LogP contribution in [0.15, 0.2) is 54.6 Å². The molecule has 4 rings (SSSR count). The van der Waals surface area contributed by atoms with Gasteiger partial charge in [-0.3, -0.25) is 4.90 Å². The van der Waals surface area contributed by atoms with Gasteiger partial charge >= 0.3 is 0 Å². The lowest BCUT2D eigenvalue weighted by atomic mass is 10.0. The first-order valence-corrected chi connectivity index (χ1v) is 9.74. The summed E-state index contributed by atoms with van der Waals surface area (Å²) in [6, 6.07) is 19.1. The fourth-order valence-electron chi connectivity index (χ4n) is 3.62. The highest BCUT2D eigenvalue weighted by atomic mass is 16.5. The monoisotopic (exact) mass is 362 g/mol. The van der Waals surface area contributed by atoms with Crippen molar-refractivity contribution in [2.24, 2.45) is 0 Å². The maximum absolute atomic E-state index is 5.73. The Morgan fingerprint density at radius 3 is 2.52 bits per heavy atom. The molecule has 1 aliphatic rings. The molecule has 3 aromatic rings. The summed E-state index contributed by atoms with van der Waals surface area (Å²) < 4.78 is 5.73. The number of nitrogens with zero attached hydrogens (tertiary/aromatic N) is 3. The number of aromatic nitrogens is 2. The van der Waals surface area contributed by atoms with E-state index in [0.29, 0.717) is 24.5 Å². The number of fused-ring (bicyclic) bond motifs is 1. The third kappa shape index (κ3) is 4.37. The number of hydrogen-bond donors (Lipinski definition) is 1. The van der Waals surface area contributed by atoms with Crippen molar-refractivity contribution in [2.75, 3.05) is 25.0 Å². The van der Waals surface area contributed by atoms with Crippen LogP contribution in [-0.4, -0.2) is 40.6 Å². The van der Waals surface area contributed by atoms with E-state index >= 15 is 0 Å². The lowest BCUT2D eigenvalue weighted by Gasteiger charge is -2.32. The minimum Gasteiger partial charge on any atom is -0.477 e. The first-order chi connectivity index (χ1) is 13.3. The summed E-state index contributed by atoms with van der Waals surface area (Å²) in [5.41, 5.74) is 2.29. The van der Waals surface area contributed by atoms with Crippen LogP contribution in [0.2, 0.25) is 0 Å². The molecule has 27 heavy (non-hydrogen) atoms. The van der Waals surface area contributed by atoms with Gasteiger partial charge in [0.1, 0.15) is 0 Å². The van der Waals surface area contributed by atoms with Gasteiger partial charge in [0.05, 0.1) is 17.5 Å². The van der Waals surface area contributed by atoms with Crippen molar-refractivity contribution in [1.29, 1.82) is 0 Å². The smallest absolute Gasteiger partial charge is 0.226 e. The van der Waals surface area contributed by atoms with Crippen molar-refractivity contribution in [3.05, 3.63) is 60.2 Å². The maximum Gasteiger partial charge on any atom is 0.226 e. The highest BCUT2D eigenvalue weighted by Crippen LogP contribution is 2.25.